The van der Waals surface area contributed by atoms with E-state index in [0.717, 1.165) is 30.5 Å². The summed E-state index contributed by atoms with van der Waals surface area (Å²) in [5.74, 6) is -0.00444. The molecule has 2 rings (SSSR count). The van der Waals surface area contributed by atoms with Gasteiger partial charge in [0, 0.05) is 11.7 Å². The molecule has 128 valence electrons. The minimum absolute atomic E-state index is 0.00444. The first-order valence-corrected chi connectivity index (χ1v) is 9.77. The predicted octanol–water partition coefficient (Wildman–Crippen LogP) is 3.01. The van der Waals surface area contributed by atoms with Crippen LogP contribution < -0.4 is 10.0 Å². The second-order valence-electron chi connectivity index (χ2n) is 5.97. The molecule has 6 heteroatoms. The average molecular weight is 338 g/mol. The fourth-order valence-corrected chi connectivity index (χ4v) is 3.87. The van der Waals surface area contributed by atoms with Crippen molar-refractivity contribution in [3.8, 4) is 0 Å². The molecule has 0 amide bonds. The van der Waals surface area contributed by atoms with Crippen LogP contribution in [0.3, 0.4) is 0 Å². The first kappa shape index (κ1) is 17.8. The van der Waals surface area contributed by atoms with E-state index in [2.05, 4.69) is 10.0 Å². The predicted molar refractivity (Wildman–Crippen MR) is 93.7 cm³/mol. The van der Waals surface area contributed by atoms with Crippen LogP contribution in [0.5, 0.6) is 0 Å². The van der Waals surface area contributed by atoms with Crippen LogP contribution in [0.1, 0.15) is 38.7 Å². The largest absolute Gasteiger partial charge is 0.497 e. The Balaban J connectivity index is 1.92. The molecule has 0 radical (unpaired) electrons. The van der Waals surface area contributed by atoms with Crippen molar-refractivity contribution < 1.29 is 13.2 Å². The lowest BCUT2D eigenvalue weighted by molar-refractivity contribution is 0.135. The Morgan fingerprint density at radius 1 is 1.39 bits per heavy atom. The third-order valence-corrected chi connectivity index (χ3v) is 5.31. The van der Waals surface area contributed by atoms with E-state index in [1.54, 1.807) is 6.26 Å². The highest BCUT2D eigenvalue weighted by atomic mass is 32.2. The molecule has 0 aromatic heterocycles. The summed E-state index contributed by atoms with van der Waals surface area (Å²) in [4.78, 5) is 0. The summed E-state index contributed by atoms with van der Waals surface area (Å²) in [5.41, 5.74) is 1.69. The maximum Gasteiger partial charge on any atom is 0.216 e. The van der Waals surface area contributed by atoms with Gasteiger partial charge in [0.1, 0.15) is 6.10 Å². The monoisotopic (exact) mass is 338 g/mol. The van der Waals surface area contributed by atoms with Gasteiger partial charge in [0.2, 0.25) is 10.0 Å². The molecule has 23 heavy (non-hydrogen) atoms. The number of hydrogen-bond donors (Lipinski definition) is 2. The van der Waals surface area contributed by atoms with Crippen LogP contribution >= 0.6 is 0 Å². The Morgan fingerprint density at radius 2 is 2.22 bits per heavy atom. The zero-order valence-electron chi connectivity index (χ0n) is 13.8. The Kier molecular flexibility index (Phi) is 6.47. The highest BCUT2D eigenvalue weighted by Gasteiger charge is 2.15. The van der Waals surface area contributed by atoms with Gasteiger partial charge in [-0.25, -0.2) is 13.1 Å². The molecule has 0 saturated carbocycles. The second kappa shape index (κ2) is 8.36. The molecule has 1 aromatic rings. The molecule has 0 fully saturated rings. The smallest absolute Gasteiger partial charge is 0.216 e. The summed E-state index contributed by atoms with van der Waals surface area (Å²) in [6.07, 6.45) is 6.74. The molecule has 0 spiro atoms. The van der Waals surface area contributed by atoms with Crippen molar-refractivity contribution in [2.24, 2.45) is 0 Å². The van der Waals surface area contributed by atoms with Crippen LogP contribution in [0, 0.1) is 0 Å². The lowest BCUT2D eigenvalue weighted by Crippen LogP contribution is -2.33. The van der Waals surface area contributed by atoms with E-state index in [4.69, 9.17) is 4.74 Å². The van der Waals surface area contributed by atoms with Gasteiger partial charge in [-0.2, -0.15) is 0 Å². The molecule has 0 unspecified atom stereocenters. The number of benzene rings is 1. The molecule has 1 heterocycles. The zero-order chi connectivity index (χ0) is 16.7. The standard InChI is InChI=1S/C17H26N2O3S/c1-3-14(2)19-23(20,21)13-15-7-6-8-16(11-15)18-12-17-9-4-5-10-22-17/h5-8,10-11,14,17-19H,3-4,9,12-13H2,1-2H3/t14-,17-/m0/s1. The van der Waals surface area contributed by atoms with Crippen molar-refractivity contribution in [2.45, 2.75) is 51.0 Å². The van der Waals surface area contributed by atoms with Crippen LogP contribution in [0.2, 0.25) is 0 Å². The van der Waals surface area contributed by atoms with Gasteiger partial charge in [0.05, 0.1) is 18.6 Å². The summed E-state index contributed by atoms with van der Waals surface area (Å²) in [6, 6.07) is 7.49. The summed E-state index contributed by atoms with van der Waals surface area (Å²) in [6.45, 7) is 4.54. The van der Waals surface area contributed by atoms with E-state index in [9.17, 15) is 8.42 Å². The van der Waals surface area contributed by atoms with E-state index in [-0.39, 0.29) is 17.9 Å². The van der Waals surface area contributed by atoms with Gasteiger partial charge < -0.3 is 10.1 Å². The number of nitrogens with one attached hydrogen (secondary N) is 2. The van der Waals surface area contributed by atoms with E-state index in [1.807, 2.05) is 44.2 Å². The molecule has 1 aromatic carbocycles. The van der Waals surface area contributed by atoms with Crippen molar-refractivity contribution in [1.29, 1.82) is 0 Å². The fourth-order valence-electron chi connectivity index (χ4n) is 2.39. The van der Waals surface area contributed by atoms with Crippen molar-refractivity contribution in [2.75, 3.05) is 11.9 Å². The number of sulfonamides is 1. The highest BCUT2D eigenvalue weighted by Crippen LogP contribution is 2.15. The van der Waals surface area contributed by atoms with Gasteiger partial charge in [-0.1, -0.05) is 19.1 Å². The number of allylic oxidation sites excluding steroid dienone is 1. The molecule has 5 nitrogen and oxygen atoms in total. The van der Waals surface area contributed by atoms with Gasteiger partial charge in [0.25, 0.3) is 0 Å². The summed E-state index contributed by atoms with van der Waals surface area (Å²) in [5, 5.41) is 3.32. The first-order valence-electron chi connectivity index (χ1n) is 8.12. The molecule has 2 N–H and O–H groups in total. The number of anilines is 1. The van der Waals surface area contributed by atoms with Crippen LogP contribution in [0.4, 0.5) is 5.69 Å². The fraction of sp³-hybridized carbons (Fsp3) is 0.529. The molecular weight excluding hydrogens is 312 g/mol. The van der Waals surface area contributed by atoms with Crippen LogP contribution in [-0.2, 0) is 20.5 Å². The van der Waals surface area contributed by atoms with E-state index in [0.29, 0.717) is 6.54 Å². The first-order chi connectivity index (χ1) is 11.0. The maximum atomic E-state index is 12.1. The van der Waals surface area contributed by atoms with E-state index in [1.165, 1.54) is 0 Å². The van der Waals surface area contributed by atoms with E-state index >= 15 is 0 Å². The summed E-state index contributed by atoms with van der Waals surface area (Å²) >= 11 is 0. The lowest BCUT2D eigenvalue weighted by Gasteiger charge is -2.20. The number of hydrogen-bond acceptors (Lipinski definition) is 4. The van der Waals surface area contributed by atoms with Crippen LogP contribution in [-0.4, -0.2) is 27.1 Å². The third kappa shape index (κ3) is 6.23. The Labute approximate surface area is 139 Å². The van der Waals surface area contributed by atoms with Gasteiger partial charge >= 0.3 is 0 Å². The normalized spacial score (nSPS) is 19.1. The average Bonchev–Trinajstić information content (AvgIpc) is 2.53. The van der Waals surface area contributed by atoms with Crippen molar-refractivity contribution >= 4 is 15.7 Å². The highest BCUT2D eigenvalue weighted by molar-refractivity contribution is 7.88. The molecule has 2 atom stereocenters. The van der Waals surface area contributed by atoms with Gasteiger partial charge in [-0.3, -0.25) is 0 Å². The summed E-state index contributed by atoms with van der Waals surface area (Å²) in [7, 11) is -3.31. The van der Waals surface area contributed by atoms with Crippen LogP contribution in [0.15, 0.2) is 36.6 Å². The maximum absolute atomic E-state index is 12.1. The minimum atomic E-state index is -3.31. The second-order valence-corrected chi connectivity index (χ2v) is 7.73. The Bertz CT molecular complexity index is 628. The lowest BCUT2D eigenvalue weighted by atomic mass is 10.1. The zero-order valence-corrected chi connectivity index (χ0v) is 14.6. The third-order valence-electron chi connectivity index (χ3n) is 3.83. The van der Waals surface area contributed by atoms with Gasteiger partial charge in [-0.05, 0) is 50.0 Å². The molecule has 1 aliphatic rings. The molecule has 0 bridgehead atoms. The van der Waals surface area contributed by atoms with Crippen LogP contribution in [0.25, 0.3) is 0 Å². The topological polar surface area (TPSA) is 67.4 Å². The van der Waals surface area contributed by atoms with Crippen molar-refractivity contribution in [3.63, 3.8) is 0 Å². The summed E-state index contributed by atoms with van der Waals surface area (Å²) < 4.78 is 32.5. The number of rotatable bonds is 8. The number of ether oxygens (including phenoxy) is 1. The molecule has 0 saturated heterocycles. The van der Waals surface area contributed by atoms with Crippen molar-refractivity contribution in [1.82, 2.24) is 4.72 Å². The van der Waals surface area contributed by atoms with E-state index < -0.39 is 10.0 Å². The van der Waals surface area contributed by atoms with Crippen molar-refractivity contribution in [3.05, 3.63) is 42.2 Å². The Hall–Kier alpha value is -1.53. The molecular formula is C17H26N2O3S. The Morgan fingerprint density at radius 3 is 2.91 bits per heavy atom. The van der Waals surface area contributed by atoms with Gasteiger partial charge in [0.15, 0.2) is 0 Å². The molecule has 1 aliphatic heterocycles. The van der Waals surface area contributed by atoms with Gasteiger partial charge in [-0.15, -0.1) is 0 Å². The SMILES string of the molecule is CC[C@H](C)NS(=O)(=O)Cc1cccc(NC[C@@H]2CCC=CO2)c1. The molecule has 0 aliphatic carbocycles. The quantitative estimate of drug-likeness (QED) is 0.764. The minimum Gasteiger partial charge on any atom is -0.497 e.